The predicted molar refractivity (Wildman–Crippen MR) is 96.4 cm³/mol. The van der Waals surface area contributed by atoms with Gasteiger partial charge in [-0.1, -0.05) is 6.92 Å². The van der Waals surface area contributed by atoms with E-state index in [4.69, 9.17) is 4.98 Å². The van der Waals surface area contributed by atoms with Gasteiger partial charge >= 0.3 is 0 Å². The normalized spacial score (nSPS) is 17.3. The first-order valence-corrected chi connectivity index (χ1v) is 8.88. The molecule has 1 aliphatic rings. The highest BCUT2D eigenvalue weighted by Crippen LogP contribution is 2.27. The Morgan fingerprint density at radius 1 is 1.42 bits per heavy atom. The first kappa shape index (κ1) is 16.6. The molecule has 4 rings (SSSR count). The van der Waals surface area contributed by atoms with E-state index in [1.165, 1.54) is 4.52 Å². The minimum Gasteiger partial charge on any atom is -0.337 e. The van der Waals surface area contributed by atoms with Crippen molar-refractivity contribution in [1.82, 2.24) is 29.3 Å². The maximum absolute atomic E-state index is 12.6. The van der Waals surface area contributed by atoms with Gasteiger partial charge in [0.2, 0.25) is 0 Å². The average Bonchev–Trinajstić information content (AvgIpc) is 3.32. The lowest BCUT2D eigenvalue weighted by Crippen LogP contribution is -2.29. The Kier molecular flexibility index (Phi) is 3.90. The number of amides is 1. The molecule has 8 nitrogen and oxygen atoms in total. The molecule has 4 heterocycles. The fraction of sp³-hybridized carbons (Fsp3) is 0.444. The zero-order chi connectivity index (χ0) is 18.4. The van der Waals surface area contributed by atoms with Crippen LogP contribution in [0.3, 0.4) is 0 Å². The Balaban J connectivity index is 1.62. The molecule has 0 saturated carbocycles. The molecule has 136 valence electrons. The number of aryl methyl sites for hydroxylation is 3. The molecule has 0 unspecified atom stereocenters. The van der Waals surface area contributed by atoms with Gasteiger partial charge in [0.15, 0.2) is 5.65 Å². The largest absolute Gasteiger partial charge is 0.337 e. The first-order valence-electron chi connectivity index (χ1n) is 8.88. The Morgan fingerprint density at radius 2 is 2.23 bits per heavy atom. The van der Waals surface area contributed by atoms with Gasteiger partial charge in [0.05, 0.1) is 5.69 Å². The summed E-state index contributed by atoms with van der Waals surface area (Å²) < 4.78 is 3.13. The molecule has 0 aromatic carbocycles. The van der Waals surface area contributed by atoms with Crippen molar-refractivity contribution in [3.05, 3.63) is 51.3 Å². The summed E-state index contributed by atoms with van der Waals surface area (Å²) in [6.07, 6.45) is 3.37. The van der Waals surface area contributed by atoms with Gasteiger partial charge in [-0.25, -0.2) is 9.50 Å². The van der Waals surface area contributed by atoms with Crippen molar-refractivity contribution in [2.75, 3.05) is 13.1 Å². The van der Waals surface area contributed by atoms with E-state index in [0.29, 0.717) is 24.4 Å². The lowest BCUT2D eigenvalue weighted by atomic mass is 10.0. The lowest BCUT2D eigenvalue weighted by Gasteiger charge is -2.15. The third-order valence-corrected chi connectivity index (χ3v) is 5.12. The molecular formula is C18H22N6O2. The number of carbonyl (C=O) groups excluding carboxylic acids is 1. The molecule has 8 heteroatoms. The highest BCUT2D eigenvalue weighted by Gasteiger charge is 2.30. The number of likely N-dealkylation sites (tertiary alicyclic amines) is 1. The van der Waals surface area contributed by atoms with Gasteiger partial charge in [-0.3, -0.25) is 19.4 Å². The van der Waals surface area contributed by atoms with Crippen LogP contribution < -0.4 is 5.56 Å². The summed E-state index contributed by atoms with van der Waals surface area (Å²) in [5, 5.41) is 7.27. The van der Waals surface area contributed by atoms with E-state index >= 15 is 0 Å². The molecule has 1 N–H and O–H groups in total. The maximum Gasteiger partial charge on any atom is 0.274 e. The quantitative estimate of drug-likeness (QED) is 0.767. The van der Waals surface area contributed by atoms with Crippen LogP contribution in [0.2, 0.25) is 0 Å². The maximum atomic E-state index is 12.6. The topological polar surface area (TPSA) is 88.3 Å². The fourth-order valence-electron chi connectivity index (χ4n) is 3.72. The van der Waals surface area contributed by atoms with Crippen molar-refractivity contribution < 1.29 is 4.79 Å². The SMILES string of the molecule is CCc1c(C)[nH]n2c(=O)cc([C@@H]3CCN(C(=O)c4ccn(C)n4)C3)nc12. The number of nitrogens with one attached hydrogen (secondary N) is 1. The predicted octanol–water partition coefficient (Wildman–Crippen LogP) is 1.26. The first-order chi connectivity index (χ1) is 12.5. The summed E-state index contributed by atoms with van der Waals surface area (Å²) in [6.45, 7) is 5.21. The van der Waals surface area contributed by atoms with Gasteiger partial charge in [-0.2, -0.15) is 5.10 Å². The van der Waals surface area contributed by atoms with Gasteiger partial charge < -0.3 is 4.90 Å². The van der Waals surface area contributed by atoms with E-state index in [1.807, 2.05) is 6.92 Å². The van der Waals surface area contributed by atoms with Gasteiger partial charge in [-0.05, 0) is 25.8 Å². The van der Waals surface area contributed by atoms with Crippen molar-refractivity contribution in [3.8, 4) is 0 Å². The van der Waals surface area contributed by atoms with Crippen molar-refractivity contribution >= 4 is 11.6 Å². The monoisotopic (exact) mass is 354 g/mol. The molecule has 3 aromatic rings. The number of carbonyl (C=O) groups is 1. The molecular weight excluding hydrogens is 332 g/mol. The van der Waals surface area contributed by atoms with Gasteiger partial charge in [0.1, 0.15) is 5.69 Å². The Bertz CT molecular complexity index is 1040. The summed E-state index contributed by atoms with van der Waals surface area (Å²) in [7, 11) is 1.79. The van der Waals surface area contributed by atoms with Crippen LogP contribution in [-0.2, 0) is 13.5 Å². The Labute approximate surface area is 150 Å². The number of hydrogen-bond acceptors (Lipinski definition) is 4. The van der Waals surface area contributed by atoms with Crippen LogP contribution in [-0.4, -0.2) is 48.3 Å². The van der Waals surface area contributed by atoms with Crippen LogP contribution >= 0.6 is 0 Å². The highest BCUT2D eigenvalue weighted by molar-refractivity contribution is 5.92. The molecule has 0 spiro atoms. The van der Waals surface area contributed by atoms with E-state index in [0.717, 1.165) is 29.8 Å². The van der Waals surface area contributed by atoms with E-state index < -0.39 is 0 Å². The van der Waals surface area contributed by atoms with E-state index in [9.17, 15) is 9.59 Å². The van der Waals surface area contributed by atoms with Crippen LogP contribution in [0.25, 0.3) is 5.65 Å². The summed E-state index contributed by atoms with van der Waals surface area (Å²) >= 11 is 0. The second kappa shape index (κ2) is 6.12. The lowest BCUT2D eigenvalue weighted by molar-refractivity contribution is 0.0784. The third-order valence-electron chi connectivity index (χ3n) is 5.12. The molecule has 26 heavy (non-hydrogen) atoms. The second-order valence-corrected chi connectivity index (χ2v) is 6.86. The van der Waals surface area contributed by atoms with Gasteiger partial charge in [-0.15, -0.1) is 0 Å². The van der Waals surface area contributed by atoms with Crippen LogP contribution in [0.5, 0.6) is 0 Å². The molecule has 1 amide bonds. The molecule has 0 radical (unpaired) electrons. The van der Waals surface area contributed by atoms with Crippen LogP contribution in [0.1, 0.15) is 46.7 Å². The van der Waals surface area contributed by atoms with Crippen molar-refractivity contribution in [3.63, 3.8) is 0 Å². The number of aromatic nitrogens is 5. The number of aromatic amines is 1. The van der Waals surface area contributed by atoms with Crippen LogP contribution in [0, 0.1) is 6.92 Å². The third kappa shape index (κ3) is 2.61. The molecule has 0 aliphatic carbocycles. The number of H-pyrrole nitrogens is 1. The molecule has 1 saturated heterocycles. The summed E-state index contributed by atoms with van der Waals surface area (Å²) in [4.78, 5) is 31.6. The zero-order valence-corrected chi connectivity index (χ0v) is 15.2. The number of hydrogen-bond donors (Lipinski definition) is 1. The number of fused-ring (bicyclic) bond motifs is 1. The Hall–Kier alpha value is -2.90. The zero-order valence-electron chi connectivity index (χ0n) is 15.2. The molecule has 1 aliphatic heterocycles. The minimum atomic E-state index is -0.109. The fourth-order valence-corrected chi connectivity index (χ4v) is 3.72. The molecule has 1 fully saturated rings. The van der Waals surface area contributed by atoms with E-state index in [-0.39, 0.29) is 17.4 Å². The summed E-state index contributed by atoms with van der Waals surface area (Å²) in [5.41, 5.74) is 3.83. The van der Waals surface area contributed by atoms with Crippen LogP contribution in [0.15, 0.2) is 23.1 Å². The molecule has 0 bridgehead atoms. The smallest absolute Gasteiger partial charge is 0.274 e. The highest BCUT2D eigenvalue weighted by atomic mass is 16.2. The van der Waals surface area contributed by atoms with E-state index in [1.54, 1.807) is 35.0 Å². The standard InChI is InChI=1S/C18H22N6O2/c1-4-13-11(2)20-24-16(25)9-15(19-17(13)24)12-5-8-23(10-12)18(26)14-6-7-22(3)21-14/h6-7,9,12,20H,4-5,8,10H2,1-3H3/t12-/m1/s1. The van der Waals surface area contributed by atoms with Crippen molar-refractivity contribution in [1.29, 1.82) is 0 Å². The average molecular weight is 354 g/mol. The van der Waals surface area contributed by atoms with Gasteiger partial charge in [0.25, 0.3) is 11.5 Å². The number of rotatable bonds is 3. The summed E-state index contributed by atoms with van der Waals surface area (Å²) in [6, 6.07) is 3.31. The van der Waals surface area contributed by atoms with Crippen molar-refractivity contribution in [2.24, 2.45) is 7.05 Å². The molecule has 1 atom stereocenters. The number of nitrogens with zero attached hydrogens (tertiary/aromatic N) is 5. The van der Waals surface area contributed by atoms with Gasteiger partial charge in [0, 0.05) is 49.6 Å². The van der Waals surface area contributed by atoms with Crippen LogP contribution in [0.4, 0.5) is 0 Å². The Morgan fingerprint density at radius 3 is 2.92 bits per heavy atom. The summed E-state index contributed by atoms with van der Waals surface area (Å²) in [5.74, 6) is -0.00193. The second-order valence-electron chi connectivity index (χ2n) is 6.86. The molecule has 3 aromatic heterocycles. The minimum absolute atomic E-state index is 0.0697. The van der Waals surface area contributed by atoms with Crippen molar-refractivity contribution in [2.45, 2.75) is 32.6 Å². The van der Waals surface area contributed by atoms with E-state index in [2.05, 4.69) is 17.1 Å².